The molecule has 0 saturated heterocycles. The van der Waals surface area contributed by atoms with Gasteiger partial charge in [-0.2, -0.15) is 5.10 Å². The van der Waals surface area contributed by atoms with E-state index in [1.54, 1.807) is 6.07 Å². The molecule has 1 atom stereocenters. The first-order chi connectivity index (χ1) is 11.6. The Balaban J connectivity index is 1.46. The third-order valence-electron chi connectivity index (χ3n) is 4.33. The van der Waals surface area contributed by atoms with Gasteiger partial charge in [-0.15, -0.1) is 0 Å². The zero-order valence-corrected chi connectivity index (χ0v) is 13.3. The summed E-state index contributed by atoms with van der Waals surface area (Å²) in [5.41, 5.74) is 2.94. The highest BCUT2D eigenvalue weighted by Gasteiger charge is 2.27. The van der Waals surface area contributed by atoms with Gasteiger partial charge in [-0.3, -0.25) is 14.7 Å². The number of carbonyl (C=O) groups is 2. The number of fused-ring (bicyclic) bond motifs is 1. The van der Waals surface area contributed by atoms with Crippen molar-refractivity contribution in [3.05, 3.63) is 41.2 Å². The summed E-state index contributed by atoms with van der Waals surface area (Å²) < 4.78 is 5.34. The third-order valence-corrected chi connectivity index (χ3v) is 4.33. The predicted octanol–water partition coefficient (Wildman–Crippen LogP) is 2.11. The summed E-state index contributed by atoms with van der Waals surface area (Å²) in [6.07, 6.45) is 2.31. The van der Waals surface area contributed by atoms with Crippen LogP contribution in [0.5, 0.6) is 5.75 Å². The molecule has 2 aromatic rings. The SMILES string of the molecule is CC(NC(=O)c1cc(C2CC2)[nH]n1)c1ccc2c(c1)NC(=O)CO2. The number of anilines is 1. The maximum atomic E-state index is 12.3. The Kier molecular flexibility index (Phi) is 3.48. The summed E-state index contributed by atoms with van der Waals surface area (Å²) in [7, 11) is 0. The van der Waals surface area contributed by atoms with Crippen LogP contribution in [0.4, 0.5) is 5.69 Å². The van der Waals surface area contributed by atoms with Crippen LogP contribution < -0.4 is 15.4 Å². The Labute approximate surface area is 138 Å². The lowest BCUT2D eigenvalue weighted by Gasteiger charge is -2.20. The number of nitrogens with zero attached hydrogens (tertiary/aromatic N) is 1. The summed E-state index contributed by atoms with van der Waals surface area (Å²) in [5, 5.41) is 12.7. The van der Waals surface area contributed by atoms with Gasteiger partial charge in [0, 0.05) is 11.6 Å². The Morgan fingerprint density at radius 3 is 3.00 bits per heavy atom. The molecule has 1 aliphatic heterocycles. The molecular formula is C17H18N4O3. The number of carbonyl (C=O) groups excluding carboxylic acids is 2. The molecule has 7 heteroatoms. The van der Waals surface area contributed by atoms with Crippen LogP contribution in [-0.4, -0.2) is 28.6 Å². The topological polar surface area (TPSA) is 96.1 Å². The second-order valence-electron chi connectivity index (χ2n) is 6.27. The van der Waals surface area contributed by atoms with Crippen molar-refractivity contribution in [3.63, 3.8) is 0 Å². The molecule has 1 unspecified atom stereocenters. The molecular weight excluding hydrogens is 308 g/mol. The van der Waals surface area contributed by atoms with Gasteiger partial charge in [0.05, 0.1) is 11.7 Å². The molecule has 24 heavy (non-hydrogen) atoms. The van der Waals surface area contributed by atoms with Crippen molar-refractivity contribution < 1.29 is 14.3 Å². The predicted molar refractivity (Wildman–Crippen MR) is 87.0 cm³/mol. The van der Waals surface area contributed by atoms with Gasteiger partial charge in [0.25, 0.3) is 11.8 Å². The lowest BCUT2D eigenvalue weighted by Crippen LogP contribution is -2.28. The first-order valence-electron chi connectivity index (χ1n) is 8.03. The number of H-pyrrole nitrogens is 1. The molecule has 124 valence electrons. The molecule has 2 aliphatic rings. The van der Waals surface area contributed by atoms with Crippen molar-refractivity contribution in [1.29, 1.82) is 0 Å². The normalized spacial score (nSPS) is 17.5. The quantitative estimate of drug-likeness (QED) is 0.802. The standard InChI is InChI=1S/C17H18N4O3/c1-9(11-4-5-15-13(6-11)19-16(22)8-24-15)18-17(23)14-7-12(20-21-14)10-2-3-10/h4-7,9-10H,2-3,8H2,1H3,(H,18,23)(H,19,22)(H,20,21). The highest BCUT2D eigenvalue weighted by atomic mass is 16.5. The summed E-state index contributed by atoms with van der Waals surface area (Å²) in [5.74, 6) is 0.767. The van der Waals surface area contributed by atoms with Gasteiger partial charge in [-0.05, 0) is 43.5 Å². The van der Waals surface area contributed by atoms with E-state index in [9.17, 15) is 9.59 Å². The summed E-state index contributed by atoms with van der Waals surface area (Å²) in [4.78, 5) is 23.8. The van der Waals surface area contributed by atoms with E-state index in [0.717, 1.165) is 24.1 Å². The van der Waals surface area contributed by atoms with Gasteiger partial charge >= 0.3 is 0 Å². The highest BCUT2D eigenvalue weighted by molar-refractivity contribution is 5.95. The van der Waals surface area contributed by atoms with E-state index >= 15 is 0 Å². The monoisotopic (exact) mass is 326 g/mol. The Bertz CT molecular complexity index is 810. The fourth-order valence-corrected chi connectivity index (χ4v) is 2.78. The molecule has 1 fully saturated rings. The first-order valence-corrected chi connectivity index (χ1v) is 8.03. The van der Waals surface area contributed by atoms with Gasteiger partial charge < -0.3 is 15.4 Å². The molecule has 0 spiro atoms. The highest BCUT2D eigenvalue weighted by Crippen LogP contribution is 2.39. The Morgan fingerprint density at radius 2 is 2.21 bits per heavy atom. The largest absolute Gasteiger partial charge is 0.482 e. The smallest absolute Gasteiger partial charge is 0.272 e. The van der Waals surface area contributed by atoms with E-state index in [-0.39, 0.29) is 24.5 Å². The second kappa shape index (κ2) is 5.67. The summed E-state index contributed by atoms with van der Waals surface area (Å²) >= 11 is 0. The number of nitrogens with one attached hydrogen (secondary N) is 3. The first kappa shape index (κ1) is 14.7. The number of aromatic nitrogens is 2. The number of aromatic amines is 1. The molecule has 2 heterocycles. The molecule has 7 nitrogen and oxygen atoms in total. The number of rotatable bonds is 4. The van der Waals surface area contributed by atoms with Gasteiger partial charge in [0.2, 0.25) is 0 Å². The number of ether oxygens (including phenoxy) is 1. The Hall–Kier alpha value is -2.83. The van der Waals surface area contributed by atoms with Gasteiger partial charge in [-0.1, -0.05) is 6.07 Å². The van der Waals surface area contributed by atoms with E-state index in [1.807, 2.05) is 25.1 Å². The average molecular weight is 326 g/mol. The van der Waals surface area contributed by atoms with E-state index in [4.69, 9.17) is 4.74 Å². The fourth-order valence-electron chi connectivity index (χ4n) is 2.78. The number of hydrogen-bond acceptors (Lipinski definition) is 4. The minimum Gasteiger partial charge on any atom is -0.482 e. The van der Waals surface area contributed by atoms with Crippen molar-refractivity contribution in [2.45, 2.75) is 31.7 Å². The zero-order chi connectivity index (χ0) is 16.7. The summed E-state index contributed by atoms with van der Waals surface area (Å²) in [6, 6.07) is 7.09. The molecule has 1 aromatic heterocycles. The fraction of sp³-hybridized carbons (Fsp3) is 0.353. The number of benzene rings is 1. The lowest BCUT2D eigenvalue weighted by atomic mass is 10.1. The Morgan fingerprint density at radius 1 is 1.38 bits per heavy atom. The van der Waals surface area contributed by atoms with Crippen LogP contribution in [0.2, 0.25) is 0 Å². The third kappa shape index (κ3) is 2.84. The van der Waals surface area contributed by atoms with Crippen LogP contribution in [0.1, 0.15) is 53.5 Å². The van der Waals surface area contributed by atoms with Crippen molar-refractivity contribution in [1.82, 2.24) is 15.5 Å². The summed E-state index contributed by atoms with van der Waals surface area (Å²) in [6.45, 7) is 1.92. The molecule has 1 saturated carbocycles. The average Bonchev–Trinajstić information content (AvgIpc) is 3.30. The van der Waals surface area contributed by atoms with Gasteiger partial charge in [0.15, 0.2) is 6.61 Å². The van der Waals surface area contributed by atoms with Gasteiger partial charge in [0.1, 0.15) is 11.4 Å². The van der Waals surface area contributed by atoms with Crippen molar-refractivity contribution in [3.8, 4) is 5.75 Å². The van der Waals surface area contributed by atoms with Crippen molar-refractivity contribution in [2.24, 2.45) is 0 Å². The van der Waals surface area contributed by atoms with Crippen LogP contribution >= 0.6 is 0 Å². The van der Waals surface area contributed by atoms with E-state index in [2.05, 4.69) is 20.8 Å². The molecule has 1 aliphatic carbocycles. The molecule has 2 amide bonds. The minimum atomic E-state index is -0.220. The molecule has 1 aromatic carbocycles. The molecule has 0 radical (unpaired) electrons. The van der Waals surface area contributed by atoms with Crippen LogP contribution in [0.15, 0.2) is 24.3 Å². The maximum Gasteiger partial charge on any atom is 0.272 e. The molecule has 4 rings (SSSR count). The second-order valence-corrected chi connectivity index (χ2v) is 6.27. The number of hydrogen-bond donors (Lipinski definition) is 3. The van der Waals surface area contributed by atoms with Crippen molar-refractivity contribution >= 4 is 17.5 Å². The van der Waals surface area contributed by atoms with Crippen LogP contribution in [-0.2, 0) is 4.79 Å². The lowest BCUT2D eigenvalue weighted by molar-refractivity contribution is -0.118. The van der Waals surface area contributed by atoms with Gasteiger partial charge in [-0.25, -0.2) is 0 Å². The molecule has 0 bridgehead atoms. The van der Waals surface area contributed by atoms with E-state index in [1.165, 1.54) is 0 Å². The zero-order valence-electron chi connectivity index (χ0n) is 13.3. The minimum absolute atomic E-state index is 0.0289. The maximum absolute atomic E-state index is 12.3. The molecule has 3 N–H and O–H groups in total. The van der Waals surface area contributed by atoms with E-state index in [0.29, 0.717) is 23.0 Å². The van der Waals surface area contributed by atoms with Crippen LogP contribution in [0.25, 0.3) is 0 Å². The number of amides is 2. The van der Waals surface area contributed by atoms with Crippen LogP contribution in [0.3, 0.4) is 0 Å². The van der Waals surface area contributed by atoms with Crippen LogP contribution in [0, 0.1) is 0 Å². The van der Waals surface area contributed by atoms with E-state index < -0.39 is 0 Å². The van der Waals surface area contributed by atoms with Crippen molar-refractivity contribution in [2.75, 3.05) is 11.9 Å².